The van der Waals surface area contributed by atoms with Gasteiger partial charge in [0.2, 0.25) is 0 Å². The summed E-state index contributed by atoms with van der Waals surface area (Å²) < 4.78 is 11.0. The van der Waals surface area contributed by atoms with E-state index in [1.54, 1.807) is 7.11 Å². The smallest absolute Gasteiger partial charge is 0.119 e. The van der Waals surface area contributed by atoms with E-state index in [1.807, 2.05) is 19.1 Å². The van der Waals surface area contributed by atoms with Crippen molar-refractivity contribution in [2.75, 3.05) is 13.7 Å². The Morgan fingerprint density at radius 3 is 3.00 bits per heavy atom. The quantitative estimate of drug-likeness (QED) is 0.841. The van der Waals surface area contributed by atoms with Crippen LogP contribution in [0.1, 0.15) is 31.7 Å². The van der Waals surface area contributed by atoms with E-state index in [0.717, 1.165) is 12.3 Å². The van der Waals surface area contributed by atoms with Crippen LogP contribution < -0.4 is 10.1 Å². The minimum absolute atomic E-state index is 0.375. The molecule has 0 amide bonds. The van der Waals surface area contributed by atoms with E-state index >= 15 is 0 Å². The molecule has 0 saturated heterocycles. The number of hydrogen-bond donors (Lipinski definition) is 1. The number of methoxy groups -OCH3 is 1. The number of nitrogens with one attached hydrogen (secondary N) is 1. The molecule has 100 valence electrons. The second-order valence-electron chi connectivity index (χ2n) is 4.77. The molecule has 0 spiro atoms. The van der Waals surface area contributed by atoms with Gasteiger partial charge >= 0.3 is 0 Å². The zero-order chi connectivity index (χ0) is 12.8. The summed E-state index contributed by atoms with van der Waals surface area (Å²) in [7, 11) is 1.81. The van der Waals surface area contributed by atoms with E-state index in [9.17, 15) is 0 Å². The minimum Gasteiger partial charge on any atom is -0.494 e. The van der Waals surface area contributed by atoms with E-state index in [1.165, 1.54) is 24.8 Å². The van der Waals surface area contributed by atoms with Crippen molar-refractivity contribution in [3.05, 3.63) is 29.8 Å². The topological polar surface area (TPSA) is 30.5 Å². The van der Waals surface area contributed by atoms with Crippen LogP contribution in [0.4, 0.5) is 0 Å². The van der Waals surface area contributed by atoms with Crippen LogP contribution in [0.15, 0.2) is 24.3 Å². The molecule has 2 unspecified atom stereocenters. The zero-order valence-corrected chi connectivity index (χ0v) is 11.3. The fraction of sp³-hybridized carbons (Fsp3) is 0.600. The normalized spacial score (nSPS) is 23.2. The van der Waals surface area contributed by atoms with Crippen molar-refractivity contribution in [2.24, 2.45) is 0 Å². The summed E-state index contributed by atoms with van der Waals surface area (Å²) in [4.78, 5) is 0. The van der Waals surface area contributed by atoms with Gasteiger partial charge in [-0.2, -0.15) is 0 Å². The summed E-state index contributed by atoms with van der Waals surface area (Å²) in [5.74, 6) is 0.950. The van der Waals surface area contributed by atoms with Gasteiger partial charge in [-0.1, -0.05) is 12.1 Å². The standard InChI is InChI=1S/C15H23NO2/c1-3-18-13-7-4-6-12(10-13)11-16-14-8-5-9-15(14)17-2/h4,6-7,10,14-16H,3,5,8-9,11H2,1-2H3. The Morgan fingerprint density at radius 1 is 1.33 bits per heavy atom. The van der Waals surface area contributed by atoms with Crippen molar-refractivity contribution >= 4 is 0 Å². The van der Waals surface area contributed by atoms with Gasteiger partial charge < -0.3 is 14.8 Å². The van der Waals surface area contributed by atoms with Crippen molar-refractivity contribution in [3.8, 4) is 5.75 Å². The average molecular weight is 249 g/mol. The van der Waals surface area contributed by atoms with Crippen LogP contribution in [-0.4, -0.2) is 25.9 Å². The molecule has 0 aliphatic heterocycles. The molecule has 1 aliphatic rings. The van der Waals surface area contributed by atoms with Crippen molar-refractivity contribution in [1.29, 1.82) is 0 Å². The van der Waals surface area contributed by atoms with E-state index in [0.29, 0.717) is 18.8 Å². The Kier molecular flexibility index (Phi) is 5.02. The van der Waals surface area contributed by atoms with Gasteiger partial charge in [-0.05, 0) is 43.9 Å². The highest BCUT2D eigenvalue weighted by atomic mass is 16.5. The van der Waals surface area contributed by atoms with Gasteiger partial charge in [-0.3, -0.25) is 0 Å². The molecule has 1 N–H and O–H groups in total. The van der Waals surface area contributed by atoms with Crippen LogP contribution >= 0.6 is 0 Å². The van der Waals surface area contributed by atoms with Gasteiger partial charge in [-0.15, -0.1) is 0 Å². The molecule has 1 aromatic rings. The number of hydrogen-bond acceptors (Lipinski definition) is 3. The van der Waals surface area contributed by atoms with E-state index < -0.39 is 0 Å². The van der Waals surface area contributed by atoms with Crippen LogP contribution in [0.3, 0.4) is 0 Å². The van der Waals surface area contributed by atoms with Crippen molar-refractivity contribution in [3.63, 3.8) is 0 Å². The molecule has 1 aliphatic carbocycles. The third-order valence-corrected chi connectivity index (χ3v) is 3.53. The molecule has 3 heteroatoms. The van der Waals surface area contributed by atoms with Crippen molar-refractivity contribution < 1.29 is 9.47 Å². The van der Waals surface area contributed by atoms with E-state index in [2.05, 4.69) is 17.4 Å². The molecular formula is C15H23NO2. The Hall–Kier alpha value is -1.06. The molecule has 3 nitrogen and oxygen atoms in total. The zero-order valence-electron chi connectivity index (χ0n) is 11.3. The van der Waals surface area contributed by atoms with Crippen LogP contribution in [-0.2, 0) is 11.3 Å². The molecule has 18 heavy (non-hydrogen) atoms. The summed E-state index contributed by atoms with van der Waals surface area (Å²) >= 11 is 0. The van der Waals surface area contributed by atoms with Crippen LogP contribution in [0, 0.1) is 0 Å². The van der Waals surface area contributed by atoms with Crippen molar-refractivity contribution in [1.82, 2.24) is 5.32 Å². The first-order valence-corrected chi connectivity index (χ1v) is 6.81. The van der Waals surface area contributed by atoms with Crippen LogP contribution in [0.2, 0.25) is 0 Å². The number of ether oxygens (including phenoxy) is 2. The highest BCUT2D eigenvalue weighted by molar-refractivity contribution is 5.28. The Morgan fingerprint density at radius 2 is 2.22 bits per heavy atom. The first kappa shape index (κ1) is 13.4. The largest absolute Gasteiger partial charge is 0.494 e. The van der Waals surface area contributed by atoms with Gasteiger partial charge in [0.1, 0.15) is 5.75 Å². The molecule has 1 saturated carbocycles. The molecule has 0 radical (unpaired) electrons. The summed E-state index contributed by atoms with van der Waals surface area (Å²) in [5.41, 5.74) is 1.27. The summed E-state index contributed by atoms with van der Waals surface area (Å²) in [6, 6.07) is 8.77. The predicted octanol–water partition coefficient (Wildman–Crippen LogP) is 2.74. The first-order chi connectivity index (χ1) is 8.83. The Balaban J connectivity index is 1.87. The summed E-state index contributed by atoms with van der Waals surface area (Å²) in [6.45, 7) is 3.60. The molecule has 2 rings (SSSR count). The molecule has 1 fully saturated rings. The molecule has 1 aromatic carbocycles. The summed E-state index contributed by atoms with van der Waals surface area (Å²) in [6.07, 6.45) is 4.02. The minimum atomic E-state index is 0.375. The number of benzene rings is 1. The predicted molar refractivity (Wildman–Crippen MR) is 72.9 cm³/mol. The molecule has 2 atom stereocenters. The molecular weight excluding hydrogens is 226 g/mol. The third-order valence-electron chi connectivity index (χ3n) is 3.53. The Bertz CT molecular complexity index is 367. The lowest BCUT2D eigenvalue weighted by atomic mass is 10.1. The molecule has 0 heterocycles. The monoisotopic (exact) mass is 249 g/mol. The molecule has 0 aromatic heterocycles. The van der Waals surface area contributed by atoms with E-state index in [4.69, 9.17) is 9.47 Å². The first-order valence-electron chi connectivity index (χ1n) is 6.81. The fourth-order valence-electron chi connectivity index (χ4n) is 2.60. The maximum atomic E-state index is 5.51. The molecule has 0 bridgehead atoms. The van der Waals surface area contributed by atoms with Gasteiger partial charge in [0.05, 0.1) is 12.7 Å². The lowest BCUT2D eigenvalue weighted by molar-refractivity contribution is 0.0847. The number of rotatable bonds is 6. The maximum absolute atomic E-state index is 5.51. The second-order valence-corrected chi connectivity index (χ2v) is 4.77. The fourth-order valence-corrected chi connectivity index (χ4v) is 2.60. The van der Waals surface area contributed by atoms with Gasteiger partial charge in [0.25, 0.3) is 0 Å². The summed E-state index contributed by atoms with van der Waals surface area (Å²) in [5, 5.41) is 3.59. The van der Waals surface area contributed by atoms with Gasteiger partial charge in [-0.25, -0.2) is 0 Å². The maximum Gasteiger partial charge on any atom is 0.119 e. The van der Waals surface area contributed by atoms with E-state index in [-0.39, 0.29) is 0 Å². The third kappa shape index (κ3) is 3.47. The van der Waals surface area contributed by atoms with Gasteiger partial charge in [0, 0.05) is 19.7 Å². The Labute approximate surface area is 109 Å². The highest BCUT2D eigenvalue weighted by Gasteiger charge is 2.26. The second kappa shape index (κ2) is 6.76. The lowest BCUT2D eigenvalue weighted by Crippen LogP contribution is -2.36. The van der Waals surface area contributed by atoms with Crippen LogP contribution in [0.25, 0.3) is 0 Å². The van der Waals surface area contributed by atoms with Gasteiger partial charge in [0.15, 0.2) is 0 Å². The van der Waals surface area contributed by atoms with Crippen LogP contribution in [0.5, 0.6) is 5.75 Å². The average Bonchev–Trinajstić information content (AvgIpc) is 2.84. The van der Waals surface area contributed by atoms with Crippen molar-refractivity contribution in [2.45, 2.75) is 44.9 Å². The SMILES string of the molecule is CCOc1cccc(CNC2CCCC2OC)c1. The highest BCUT2D eigenvalue weighted by Crippen LogP contribution is 2.22. The lowest BCUT2D eigenvalue weighted by Gasteiger charge is -2.19.